The van der Waals surface area contributed by atoms with Crippen LogP contribution in [0.3, 0.4) is 0 Å². The fourth-order valence-corrected chi connectivity index (χ4v) is 8.33. The van der Waals surface area contributed by atoms with Gasteiger partial charge in [0.1, 0.15) is 0 Å². The van der Waals surface area contributed by atoms with E-state index in [9.17, 15) is 10.2 Å². The van der Waals surface area contributed by atoms with E-state index in [4.69, 9.17) is 9.97 Å². The van der Waals surface area contributed by atoms with E-state index in [2.05, 4.69) is 76.2 Å². The predicted octanol–water partition coefficient (Wildman–Crippen LogP) is 9.15. The normalized spacial score (nSPS) is 14.4. The molecule has 0 unspecified atom stereocenters. The third kappa shape index (κ3) is 4.20. The summed E-state index contributed by atoms with van der Waals surface area (Å²) in [5.41, 5.74) is 7.30. The summed E-state index contributed by atoms with van der Waals surface area (Å²) in [5.74, 6) is 0.190. The van der Waals surface area contributed by atoms with Gasteiger partial charge in [-0.15, -0.1) is 0 Å². The number of hydrogen-bond donors (Lipinski definition) is 0. The molecule has 0 N–H and O–H groups in total. The quantitative estimate of drug-likeness (QED) is 0.157. The Morgan fingerprint density at radius 1 is 0.449 bits per heavy atom. The van der Waals surface area contributed by atoms with Crippen molar-refractivity contribution < 1.29 is 10.2 Å². The second-order valence-corrected chi connectivity index (χ2v) is 14.1. The third-order valence-electron chi connectivity index (χ3n) is 10.7. The summed E-state index contributed by atoms with van der Waals surface area (Å²) in [6.07, 6.45) is 3.77. The molecule has 4 nitrogen and oxygen atoms in total. The van der Waals surface area contributed by atoms with E-state index < -0.39 is 0 Å². The molecule has 0 radical (unpaired) electrons. The standard InChI is InChI=1S/2C22H17NO.Be/c2*1-22(2)17-11-13-7-3-6-10-16(13)21(24)18(17)20-19(22)15-9-5-4-8-14(15)12-23-20;/h2*3-12,24H,1-2H3;/q;;+2/p-2. The minimum absolute atomic E-state index is 0. The van der Waals surface area contributed by atoms with E-state index in [1.807, 2.05) is 73.1 Å². The van der Waals surface area contributed by atoms with Gasteiger partial charge in [-0.2, -0.15) is 0 Å². The van der Waals surface area contributed by atoms with Crippen molar-refractivity contribution in [3.05, 3.63) is 144 Å². The molecule has 0 spiro atoms. The van der Waals surface area contributed by atoms with Gasteiger partial charge in [-0.3, -0.25) is 9.97 Å². The second-order valence-electron chi connectivity index (χ2n) is 14.1. The van der Waals surface area contributed by atoms with Crippen molar-refractivity contribution in [2.75, 3.05) is 0 Å². The summed E-state index contributed by atoms with van der Waals surface area (Å²) in [7, 11) is 0. The maximum absolute atomic E-state index is 13.2. The predicted molar refractivity (Wildman–Crippen MR) is 198 cm³/mol. The minimum atomic E-state index is -0.234. The zero-order valence-electron chi connectivity index (χ0n) is 28.0. The molecule has 10 rings (SSSR count). The fraction of sp³-hybridized carbons (Fsp3) is 0.136. The summed E-state index contributed by atoms with van der Waals surface area (Å²) in [5, 5.41) is 34.5. The molecular weight excluding hydrogens is 598 g/mol. The summed E-state index contributed by atoms with van der Waals surface area (Å²) in [6.45, 7) is 8.78. The van der Waals surface area contributed by atoms with E-state index in [1.165, 1.54) is 21.9 Å². The number of pyridine rings is 2. The molecular formula is C44H32BeN2O2. The number of benzene rings is 6. The van der Waals surface area contributed by atoms with Crippen molar-refractivity contribution in [3.63, 3.8) is 0 Å². The first-order valence-corrected chi connectivity index (χ1v) is 16.4. The first-order chi connectivity index (χ1) is 23.2. The van der Waals surface area contributed by atoms with Crippen LogP contribution in [0.5, 0.6) is 11.5 Å². The number of aromatic nitrogens is 2. The number of rotatable bonds is 0. The molecule has 5 heteroatoms. The molecule has 232 valence electrons. The van der Waals surface area contributed by atoms with Crippen molar-refractivity contribution in [1.82, 2.24) is 9.97 Å². The molecule has 0 aliphatic heterocycles. The summed E-state index contributed by atoms with van der Waals surface area (Å²) >= 11 is 0. The number of nitrogens with zero attached hydrogens (tertiary/aromatic N) is 2. The van der Waals surface area contributed by atoms with Crippen LogP contribution in [-0.2, 0) is 10.8 Å². The Kier molecular flexibility index (Phi) is 6.72. The van der Waals surface area contributed by atoms with E-state index in [0.717, 1.165) is 66.0 Å². The number of hydrogen-bond acceptors (Lipinski definition) is 4. The third-order valence-corrected chi connectivity index (χ3v) is 10.7. The van der Waals surface area contributed by atoms with Crippen molar-refractivity contribution in [1.29, 1.82) is 0 Å². The first-order valence-electron chi connectivity index (χ1n) is 16.4. The monoisotopic (exact) mass is 629 g/mol. The van der Waals surface area contributed by atoms with Crippen LogP contribution in [0.15, 0.2) is 122 Å². The van der Waals surface area contributed by atoms with E-state index in [-0.39, 0.29) is 32.5 Å². The molecule has 0 fully saturated rings. The topological polar surface area (TPSA) is 71.9 Å². The average molecular weight is 630 g/mol. The average Bonchev–Trinajstić information content (AvgIpc) is 3.48. The van der Waals surface area contributed by atoms with Gasteiger partial charge in [0.2, 0.25) is 0 Å². The largest absolute Gasteiger partial charge is 2.00 e. The van der Waals surface area contributed by atoms with Gasteiger partial charge in [0.15, 0.2) is 0 Å². The van der Waals surface area contributed by atoms with Gasteiger partial charge in [-0.25, -0.2) is 0 Å². The molecule has 2 aromatic heterocycles. The van der Waals surface area contributed by atoms with Crippen LogP contribution in [0.25, 0.3) is 65.6 Å². The van der Waals surface area contributed by atoms with Gasteiger partial charge in [0.25, 0.3) is 0 Å². The van der Waals surface area contributed by atoms with Crippen molar-refractivity contribution in [3.8, 4) is 34.0 Å². The van der Waals surface area contributed by atoms with Crippen LogP contribution in [0.1, 0.15) is 49.9 Å². The molecule has 49 heavy (non-hydrogen) atoms. The second kappa shape index (κ2) is 10.7. The van der Waals surface area contributed by atoms with Crippen LogP contribution in [0, 0.1) is 0 Å². The Morgan fingerprint density at radius 3 is 1.16 bits per heavy atom. The van der Waals surface area contributed by atoms with Crippen LogP contribution >= 0.6 is 0 Å². The van der Waals surface area contributed by atoms with Gasteiger partial charge in [-0.05, 0) is 77.8 Å². The van der Waals surface area contributed by atoms with E-state index in [1.54, 1.807) is 0 Å². The molecule has 0 amide bonds. The van der Waals surface area contributed by atoms with Crippen LogP contribution in [0.4, 0.5) is 0 Å². The maximum Gasteiger partial charge on any atom is 2.00 e. The van der Waals surface area contributed by atoms with E-state index >= 15 is 0 Å². The minimum Gasteiger partial charge on any atom is -0.872 e. The fourth-order valence-electron chi connectivity index (χ4n) is 8.33. The van der Waals surface area contributed by atoms with Gasteiger partial charge in [-0.1, -0.05) is 136 Å². The van der Waals surface area contributed by atoms with Gasteiger partial charge < -0.3 is 10.2 Å². The summed E-state index contributed by atoms with van der Waals surface area (Å²) in [6, 6.07) is 36.6. The van der Waals surface area contributed by atoms with Crippen molar-refractivity contribution in [2.24, 2.45) is 0 Å². The smallest absolute Gasteiger partial charge is 0.872 e. The van der Waals surface area contributed by atoms with Gasteiger partial charge in [0.05, 0.1) is 11.4 Å². The molecule has 8 aromatic rings. The molecule has 0 saturated carbocycles. The van der Waals surface area contributed by atoms with Crippen molar-refractivity contribution in [2.45, 2.75) is 38.5 Å². The van der Waals surface area contributed by atoms with Crippen LogP contribution < -0.4 is 10.2 Å². The molecule has 2 heterocycles. The Bertz CT molecular complexity index is 2470. The molecule has 0 atom stereocenters. The molecule has 0 saturated heterocycles. The zero-order chi connectivity index (χ0) is 32.9. The molecule has 0 bridgehead atoms. The first kappa shape index (κ1) is 30.7. The summed E-state index contributed by atoms with van der Waals surface area (Å²) in [4.78, 5) is 9.38. The van der Waals surface area contributed by atoms with Gasteiger partial charge in [0, 0.05) is 34.0 Å². The summed E-state index contributed by atoms with van der Waals surface area (Å²) < 4.78 is 0. The molecule has 2 aliphatic rings. The van der Waals surface area contributed by atoms with Crippen LogP contribution in [-0.4, -0.2) is 20.1 Å². The van der Waals surface area contributed by atoms with Crippen LogP contribution in [0.2, 0.25) is 0 Å². The SMILES string of the molecule is CC1(C)c2cc3ccccc3c([O-])c2-c2ncc3ccccc3c21.CC1(C)c2cc3ccccc3c([O-])c2-c2ncc3ccccc3c21.[Be+2]. The van der Waals surface area contributed by atoms with Crippen molar-refractivity contribution >= 4 is 53.2 Å². The zero-order valence-corrected chi connectivity index (χ0v) is 28.0. The maximum atomic E-state index is 13.2. The Hall–Kier alpha value is -5.57. The number of fused-ring (bicyclic) bond motifs is 12. The Morgan fingerprint density at radius 2 is 0.776 bits per heavy atom. The van der Waals surface area contributed by atoms with E-state index in [0.29, 0.717) is 0 Å². The molecule has 6 aromatic carbocycles. The Labute approximate surface area is 289 Å². The Balaban J connectivity index is 0.000000139. The molecule has 2 aliphatic carbocycles. The van der Waals surface area contributed by atoms with Gasteiger partial charge >= 0.3 is 10.1 Å².